The third kappa shape index (κ3) is 5.71. The standard InChI is InChI=1S/C14H20N2O4/c1-10(2)20-13(17)12(8-15)16-14(18)19-9-11-6-4-3-5-7-11/h3-7,10,12H,8-9,15H2,1-2H3,(H,16,18). The summed E-state index contributed by atoms with van der Waals surface area (Å²) in [5.74, 6) is -0.570. The van der Waals surface area contributed by atoms with Crippen molar-refractivity contribution in [3.63, 3.8) is 0 Å². The second kappa shape index (κ2) is 8.16. The molecule has 0 heterocycles. The van der Waals surface area contributed by atoms with Crippen LogP contribution in [0.15, 0.2) is 30.3 Å². The Morgan fingerprint density at radius 3 is 2.45 bits per heavy atom. The minimum Gasteiger partial charge on any atom is -0.461 e. The van der Waals surface area contributed by atoms with Gasteiger partial charge in [0.1, 0.15) is 12.6 Å². The highest BCUT2D eigenvalue weighted by atomic mass is 16.6. The van der Waals surface area contributed by atoms with Gasteiger partial charge in [0.05, 0.1) is 6.10 Å². The molecule has 1 atom stereocenters. The van der Waals surface area contributed by atoms with Crippen LogP contribution >= 0.6 is 0 Å². The van der Waals surface area contributed by atoms with Crippen molar-refractivity contribution in [1.82, 2.24) is 5.32 Å². The summed E-state index contributed by atoms with van der Waals surface area (Å²) >= 11 is 0. The van der Waals surface area contributed by atoms with Gasteiger partial charge in [-0.25, -0.2) is 9.59 Å². The maximum atomic E-state index is 11.6. The van der Waals surface area contributed by atoms with Gasteiger partial charge in [-0.3, -0.25) is 0 Å². The summed E-state index contributed by atoms with van der Waals surface area (Å²) in [5, 5.41) is 2.38. The SMILES string of the molecule is CC(C)OC(=O)C(CN)NC(=O)OCc1ccccc1. The number of amides is 1. The normalized spacial score (nSPS) is 11.8. The molecule has 1 aromatic carbocycles. The largest absolute Gasteiger partial charge is 0.461 e. The first-order valence-electron chi connectivity index (χ1n) is 6.40. The minimum absolute atomic E-state index is 0.0496. The number of alkyl carbamates (subject to hydrolysis) is 1. The van der Waals surface area contributed by atoms with Crippen molar-refractivity contribution in [3.05, 3.63) is 35.9 Å². The Morgan fingerprint density at radius 2 is 1.90 bits per heavy atom. The van der Waals surface area contributed by atoms with Crippen molar-refractivity contribution in [2.75, 3.05) is 6.54 Å². The van der Waals surface area contributed by atoms with E-state index in [9.17, 15) is 9.59 Å². The van der Waals surface area contributed by atoms with Crippen LogP contribution in [0.25, 0.3) is 0 Å². The Bertz CT molecular complexity index is 434. The van der Waals surface area contributed by atoms with Gasteiger partial charge in [0, 0.05) is 6.54 Å². The molecule has 3 N–H and O–H groups in total. The van der Waals surface area contributed by atoms with E-state index < -0.39 is 18.1 Å². The Kier molecular flexibility index (Phi) is 6.52. The molecular formula is C14H20N2O4. The lowest BCUT2D eigenvalue weighted by Gasteiger charge is -2.17. The third-order valence-corrected chi connectivity index (χ3v) is 2.38. The average Bonchev–Trinajstić information content (AvgIpc) is 2.42. The number of ether oxygens (including phenoxy) is 2. The molecule has 6 heteroatoms. The van der Waals surface area contributed by atoms with Crippen LogP contribution in [0.1, 0.15) is 19.4 Å². The van der Waals surface area contributed by atoms with Crippen LogP contribution in [0, 0.1) is 0 Å². The van der Waals surface area contributed by atoms with E-state index in [0.717, 1.165) is 5.56 Å². The van der Waals surface area contributed by atoms with Gasteiger partial charge in [0.15, 0.2) is 0 Å². The summed E-state index contributed by atoms with van der Waals surface area (Å²) in [6.07, 6.45) is -0.969. The highest BCUT2D eigenvalue weighted by Gasteiger charge is 2.22. The van der Waals surface area contributed by atoms with Gasteiger partial charge in [0.2, 0.25) is 0 Å². The fraction of sp³-hybridized carbons (Fsp3) is 0.429. The van der Waals surface area contributed by atoms with Crippen LogP contribution < -0.4 is 11.1 Å². The second-order valence-electron chi connectivity index (χ2n) is 4.48. The lowest BCUT2D eigenvalue weighted by Crippen LogP contribution is -2.47. The van der Waals surface area contributed by atoms with Gasteiger partial charge in [-0.05, 0) is 19.4 Å². The number of esters is 1. The number of carbonyl (C=O) groups excluding carboxylic acids is 2. The van der Waals surface area contributed by atoms with Gasteiger partial charge >= 0.3 is 12.1 Å². The molecule has 0 aromatic heterocycles. The first-order chi connectivity index (χ1) is 9.52. The monoisotopic (exact) mass is 280 g/mol. The lowest BCUT2D eigenvalue weighted by atomic mass is 10.2. The Morgan fingerprint density at radius 1 is 1.25 bits per heavy atom. The van der Waals surface area contributed by atoms with Crippen LogP contribution in [0.5, 0.6) is 0 Å². The molecule has 110 valence electrons. The van der Waals surface area contributed by atoms with Gasteiger partial charge < -0.3 is 20.5 Å². The highest BCUT2D eigenvalue weighted by Crippen LogP contribution is 2.01. The van der Waals surface area contributed by atoms with Crippen molar-refractivity contribution in [1.29, 1.82) is 0 Å². The summed E-state index contributed by atoms with van der Waals surface area (Å²) in [7, 11) is 0. The highest BCUT2D eigenvalue weighted by molar-refractivity contribution is 5.81. The first kappa shape index (κ1) is 16.0. The summed E-state index contributed by atoms with van der Waals surface area (Å²) in [6.45, 7) is 3.52. The number of carbonyl (C=O) groups is 2. The smallest absolute Gasteiger partial charge is 0.408 e. The number of benzene rings is 1. The summed E-state index contributed by atoms with van der Waals surface area (Å²) in [4.78, 5) is 23.2. The maximum absolute atomic E-state index is 11.6. The molecule has 20 heavy (non-hydrogen) atoms. The van der Waals surface area contributed by atoms with Gasteiger partial charge in [0.25, 0.3) is 0 Å². The van der Waals surface area contributed by atoms with E-state index >= 15 is 0 Å². The van der Waals surface area contributed by atoms with Crippen LogP contribution in [0.4, 0.5) is 4.79 Å². The van der Waals surface area contributed by atoms with Gasteiger partial charge in [-0.2, -0.15) is 0 Å². The zero-order valence-corrected chi connectivity index (χ0v) is 11.7. The van der Waals surface area contributed by atoms with Gasteiger partial charge in [-0.1, -0.05) is 30.3 Å². The van der Waals surface area contributed by atoms with Crippen LogP contribution in [-0.4, -0.2) is 30.8 Å². The fourth-order valence-electron chi connectivity index (χ4n) is 1.44. The zero-order chi connectivity index (χ0) is 15.0. The molecule has 0 bridgehead atoms. The molecule has 0 spiro atoms. The van der Waals surface area contributed by atoms with E-state index in [0.29, 0.717) is 0 Å². The third-order valence-electron chi connectivity index (χ3n) is 2.38. The number of nitrogens with one attached hydrogen (secondary N) is 1. The average molecular weight is 280 g/mol. The zero-order valence-electron chi connectivity index (χ0n) is 11.7. The van der Waals surface area contributed by atoms with E-state index in [2.05, 4.69) is 5.32 Å². The minimum atomic E-state index is -0.902. The molecule has 0 saturated carbocycles. The molecule has 6 nitrogen and oxygen atoms in total. The quantitative estimate of drug-likeness (QED) is 0.764. The molecular weight excluding hydrogens is 260 g/mol. The van der Waals surface area contributed by atoms with E-state index in [4.69, 9.17) is 15.2 Å². The molecule has 0 saturated heterocycles. The van der Waals surface area contributed by atoms with Crippen molar-refractivity contribution in [2.45, 2.75) is 32.6 Å². The van der Waals surface area contributed by atoms with Gasteiger partial charge in [-0.15, -0.1) is 0 Å². The molecule has 0 aliphatic carbocycles. The molecule has 1 rings (SSSR count). The van der Waals surface area contributed by atoms with Crippen molar-refractivity contribution in [2.24, 2.45) is 5.73 Å². The molecule has 0 aliphatic heterocycles. The molecule has 1 aromatic rings. The summed E-state index contributed by atoms with van der Waals surface area (Å²) < 4.78 is 9.98. The lowest BCUT2D eigenvalue weighted by molar-refractivity contribution is -0.149. The van der Waals surface area contributed by atoms with E-state index in [1.54, 1.807) is 13.8 Å². The number of hydrogen-bond acceptors (Lipinski definition) is 5. The topological polar surface area (TPSA) is 90.6 Å². The first-order valence-corrected chi connectivity index (χ1v) is 6.40. The second-order valence-corrected chi connectivity index (χ2v) is 4.48. The molecule has 0 radical (unpaired) electrons. The predicted octanol–water partition coefficient (Wildman–Crippen LogP) is 1.19. The summed E-state index contributed by atoms with van der Waals surface area (Å²) in [5.41, 5.74) is 6.29. The number of rotatable bonds is 6. The van der Waals surface area contributed by atoms with E-state index in [-0.39, 0.29) is 19.3 Å². The fourth-order valence-corrected chi connectivity index (χ4v) is 1.44. The maximum Gasteiger partial charge on any atom is 0.408 e. The number of hydrogen-bond donors (Lipinski definition) is 2. The Labute approximate surface area is 118 Å². The van der Waals surface area contributed by atoms with Crippen LogP contribution in [-0.2, 0) is 20.9 Å². The predicted molar refractivity (Wildman–Crippen MR) is 73.8 cm³/mol. The van der Waals surface area contributed by atoms with E-state index in [1.165, 1.54) is 0 Å². The molecule has 0 fully saturated rings. The molecule has 0 aliphatic rings. The Hall–Kier alpha value is -2.08. The van der Waals surface area contributed by atoms with Crippen molar-refractivity contribution in [3.8, 4) is 0 Å². The molecule has 1 amide bonds. The summed E-state index contributed by atoms with van der Waals surface area (Å²) in [6, 6.07) is 8.33. The molecule has 1 unspecified atom stereocenters. The Balaban J connectivity index is 2.41. The van der Waals surface area contributed by atoms with Crippen molar-refractivity contribution >= 4 is 12.1 Å². The van der Waals surface area contributed by atoms with Crippen LogP contribution in [0.2, 0.25) is 0 Å². The van der Waals surface area contributed by atoms with Crippen molar-refractivity contribution < 1.29 is 19.1 Å². The number of nitrogens with two attached hydrogens (primary N) is 1. The van der Waals surface area contributed by atoms with Crippen LogP contribution in [0.3, 0.4) is 0 Å². The van der Waals surface area contributed by atoms with E-state index in [1.807, 2.05) is 30.3 Å².